The van der Waals surface area contributed by atoms with Gasteiger partial charge in [0, 0.05) is 12.1 Å². The van der Waals surface area contributed by atoms with E-state index in [1.165, 1.54) is 6.20 Å². The summed E-state index contributed by atoms with van der Waals surface area (Å²) >= 11 is 0. The Morgan fingerprint density at radius 1 is 1.38 bits per heavy atom. The number of hydrogen-bond donors (Lipinski definition) is 1. The summed E-state index contributed by atoms with van der Waals surface area (Å²) < 4.78 is 2.16. The fourth-order valence-electron chi connectivity index (χ4n) is 2.86. The molecule has 7 heteroatoms. The lowest BCUT2D eigenvalue weighted by molar-refractivity contribution is -0.385. The first kappa shape index (κ1) is 15.9. The Morgan fingerprint density at radius 3 is 2.79 bits per heavy atom. The Balaban J connectivity index is 1.91. The SMILES string of the molecule is CCn1c(C(C)Nc2cc(C)c([N+](=O)[O-])cn2)nc2ccccc21. The van der Waals surface area contributed by atoms with Crippen LogP contribution in [0.5, 0.6) is 0 Å². The number of imidazole rings is 1. The summed E-state index contributed by atoms with van der Waals surface area (Å²) in [5.74, 6) is 1.51. The number of rotatable bonds is 5. The van der Waals surface area contributed by atoms with E-state index in [4.69, 9.17) is 4.98 Å². The van der Waals surface area contributed by atoms with E-state index < -0.39 is 4.92 Å². The van der Waals surface area contributed by atoms with Gasteiger partial charge in [0.25, 0.3) is 5.69 Å². The quantitative estimate of drug-likeness (QED) is 0.569. The van der Waals surface area contributed by atoms with Gasteiger partial charge in [-0.2, -0.15) is 0 Å². The van der Waals surface area contributed by atoms with Gasteiger partial charge < -0.3 is 9.88 Å². The molecule has 0 aliphatic carbocycles. The normalized spacial score (nSPS) is 12.3. The van der Waals surface area contributed by atoms with Crippen LogP contribution in [-0.4, -0.2) is 19.5 Å². The number of fused-ring (bicyclic) bond motifs is 1. The molecule has 0 aliphatic rings. The van der Waals surface area contributed by atoms with Crippen molar-refractivity contribution in [2.75, 3.05) is 5.32 Å². The Kier molecular flexibility index (Phi) is 4.16. The number of nitrogens with one attached hydrogen (secondary N) is 1. The van der Waals surface area contributed by atoms with Crippen molar-refractivity contribution < 1.29 is 4.92 Å². The summed E-state index contributed by atoms with van der Waals surface area (Å²) in [7, 11) is 0. The van der Waals surface area contributed by atoms with Crippen LogP contribution < -0.4 is 5.32 Å². The Hall–Kier alpha value is -2.96. The summed E-state index contributed by atoms with van der Waals surface area (Å²) in [4.78, 5) is 19.3. The van der Waals surface area contributed by atoms with E-state index in [9.17, 15) is 10.1 Å². The van der Waals surface area contributed by atoms with Crippen LogP contribution in [-0.2, 0) is 6.54 Å². The molecule has 0 fully saturated rings. The standard InChI is InChI=1S/C17H19N5O2/c1-4-21-14-8-6-5-7-13(14)20-17(21)12(3)19-16-9-11(2)15(10-18-16)22(23)24/h5-10,12H,4H2,1-3H3,(H,18,19). The highest BCUT2D eigenvalue weighted by molar-refractivity contribution is 5.76. The van der Waals surface area contributed by atoms with Gasteiger partial charge in [0.1, 0.15) is 17.8 Å². The average Bonchev–Trinajstić information content (AvgIpc) is 2.93. The van der Waals surface area contributed by atoms with E-state index in [2.05, 4.69) is 27.9 Å². The molecule has 3 rings (SSSR count). The third kappa shape index (κ3) is 2.80. The van der Waals surface area contributed by atoms with Gasteiger partial charge in [-0.15, -0.1) is 0 Å². The first-order chi connectivity index (χ1) is 11.5. The lowest BCUT2D eigenvalue weighted by atomic mass is 10.2. The molecule has 0 radical (unpaired) electrons. The van der Waals surface area contributed by atoms with Crippen LogP contribution >= 0.6 is 0 Å². The lowest BCUT2D eigenvalue weighted by Crippen LogP contribution is -2.14. The molecule has 0 saturated carbocycles. The van der Waals surface area contributed by atoms with Gasteiger partial charge in [0.05, 0.1) is 22.0 Å². The molecule has 2 heterocycles. The van der Waals surface area contributed by atoms with Crippen LogP contribution in [0.1, 0.15) is 31.3 Å². The number of hydrogen-bond acceptors (Lipinski definition) is 5. The second kappa shape index (κ2) is 6.27. The van der Waals surface area contributed by atoms with Crippen LogP contribution in [0.4, 0.5) is 11.5 Å². The minimum absolute atomic E-state index is 0.0222. The molecule has 1 aromatic carbocycles. The van der Waals surface area contributed by atoms with Gasteiger partial charge in [-0.25, -0.2) is 9.97 Å². The van der Waals surface area contributed by atoms with Crippen LogP contribution in [0.25, 0.3) is 11.0 Å². The maximum Gasteiger partial charge on any atom is 0.290 e. The summed E-state index contributed by atoms with van der Waals surface area (Å²) in [5.41, 5.74) is 2.65. The number of anilines is 1. The number of aryl methyl sites for hydroxylation is 2. The molecule has 0 amide bonds. The summed E-state index contributed by atoms with van der Waals surface area (Å²) in [6, 6.07) is 9.62. The minimum atomic E-state index is -0.425. The zero-order valence-electron chi connectivity index (χ0n) is 13.9. The van der Waals surface area contributed by atoms with E-state index in [1.807, 2.05) is 25.1 Å². The number of pyridine rings is 1. The van der Waals surface area contributed by atoms with E-state index in [1.54, 1.807) is 13.0 Å². The highest BCUT2D eigenvalue weighted by atomic mass is 16.6. The topological polar surface area (TPSA) is 85.9 Å². The highest BCUT2D eigenvalue weighted by Crippen LogP contribution is 2.25. The zero-order chi connectivity index (χ0) is 17.3. The number of para-hydroxylation sites is 2. The Morgan fingerprint density at radius 2 is 2.12 bits per heavy atom. The van der Waals surface area contributed by atoms with Gasteiger partial charge in [0.15, 0.2) is 0 Å². The van der Waals surface area contributed by atoms with Crippen LogP contribution in [0.15, 0.2) is 36.5 Å². The zero-order valence-corrected chi connectivity index (χ0v) is 13.9. The van der Waals surface area contributed by atoms with Crippen molar-refractivity contribution in [2.45, 2.75) is 33.4 Å². The largest absolute Gasteiger partial charge is 0.360 e. The monoisotopic (exact) mass is 325 g/mol. The van der Waals surface area contributed by atoms with Crippen molar-refractivity contribution in [3.8, 4) is 0 Å². The van der Waals surface area contributed by atoms with Gasteiger partial charge >= 0.3 is 0 Å². The van der Waals surface area contributed by atoms with Gasteiger partial charge in [0.2, 0.25) is 0 Å². The molecular weight excluding hydrogens is 306 g/mol. The lowest BCUT2D eigenvalue weighted by Gasteiger charge is -2.16. The maximum absolute atomic E-state index is 10.9. The molecule has 0 bridgehead atoms. The van der Waals surface area contributed by atoms with Crippen molar-refractivity contribution in [1.29, 1.82) is 0 Å². The minimum Gasteiger partial charge on any atom is -0.360 e. The van der Waals surface area contributed by atoms with E-state index in [0.29, 0.717) is 11.4 Å². The molecule has 1 unspecified atom stereocenters. The summed E-state index contributed by atoms with van der Waals surface area (Å²) in [6.07, 6.45) is 1.28. The predicted octanol–water partition coefficient (Wildman–Crippen LogP) is 3.84. The number of aromatic nitrogens is 3. The van der Waals surface area contributed by atoms with Crippen LogP contribution in [0, 0.1) is 17.0 Å². The third-order valence-electron chi connectivity index (χ3n) is 4.03. The molecular formula is C17H19N5O2. The Labute approximate surface area is 139 Å². The molecule has 0 spiro atoms. The van der Waals surface area contributed by atoms with Crippen LogP contribution in [0.3, 0.4) is 0 Å². The maximum atomic E-state index is 10.9. The molecule has 0 saturated heterocycles. The number of nitro groups is 1. The first-order valence-corrected chi connectivity index (χ1v) is 7.84. The van der Waals surface area contributed by atoms with Crippen molar-refractivity contribution in [3.63, 3.8) is 0 Å². The van der Waals surface area contributed by atoms with E-state index in [-0.39, 0.29) is 11.7 Å². The summed E-state index contributed by atoms with van der Waals surface area (Å²) in [6.45, 7) is 6.61. The van der Waals surface area contributed by atoms with Crippen molar-refractivity contribution >= 4 is 22.5 Å². The molecule has 1 atom stereocenters. The molecule has 124 valence electrons. The fourth-order valence-corrected chi connectivity index (χ4v) is 2.86. The Bertz CT molecular complexity index is 903. The van der Waals surface area contributed by atoms with E-state index in [0.717, 1.165) is 23.4 Å². The molecule has 2 aromatic heterocycles. The molecule has 1 N–H and O–H groups in total. The van der Waals surface area contributed by atoms with Crippen molar-refractivity contribution in [1.82, 2.24) is 14.5 Å². The summed E-state index contributed by atoms with van der Waals surface area (Å²) in [5, 5.41) is 14.2. The number of benzene rings is 1. The van der Waals surface area contributed by atoms with Gasteiger partial charge in [-0.3, -0.25) is 10.1 Å². The van der Waals surface area contributed by atoms with Crippen LogP contribution in [0.2, 0.25) is 0 Å². The molecule has 0 aliphatic heterocycles. The molecule has 3 aromatic rings. The van der Waals surface area contributed by atoms with Gasteiger partial charge in [-0.1, -0.05) is 12.1 Å². The fraction of sp³-hybridized carbons (Fsp3) is 0.294. The smallest absolute Gasteiger partial charge is 0.290 e. The predicted molar refractivity (Wildman–Crippen MR) is 93.1 cm³/mol. The second-order valence-corrected chi connectivity index (χ2v) is 5.68. The van der Waals surface area contributed by atoms with E-state index >= 15 is 0 Å². The number of nitrogens with zero attached hydrogens (tertiary/aromatic N) is 4. The van der Waals surface area contributed by atoms with Gasteiger partial charge in [-0.05, 0) is 39.0 Å². The highest BCUT2D eigenvalue weighted by Gasteiger charge is 2.17. The molecule has 7 nitrogen and oxygen atoms in total. The average molecular weight is 325 g/mol. The third-order valence-corrected chi connectivity index (χ3v) is 4.03. The first-order valence-electron chi connectivity index (χ1n) is 7.84. The molecule has 24 heavy (non-hydrogen) atoms. The van der Waals surface area contributed by atoms with Crippen molar-refractivity contribution in [3.05, 3.63) is 58.0 Å². The second-order valence-electron chi connectivity index (χ2n) is 5.68. The van der Waals surface area contributed by atoms with Crippen molar-refractivity contribution in [2.24, 2.45) is 0 Å².